The van der Waals surface area contributed by atoms with Crippen molar-refractivity contribution in [3.05, 3.63) is 41.0 Å². The molecular formula is C32H50O4. The van der Waals surface area contributed by atoms with Gasteiger partial charge in [0.2, 0.25) is 0 Å². The number of rotatable bonds is 18. The zero-order chi connectivity index (χ0) is 26.3. The number of hydrogen-bond acceptors (Lipinski definition) is 4. The summed E-state index contributed by atoms with van der Waals surface area (Å²) < 4.78 is 5.92. The molecule has 202 valence electrons. The Morgan fingerprint density at radius 2 is 1.11 bits per heavy atom. The van der Waals surface area contributed by atoms with Crippen LogP contribution in [0.2, 0.25) is 0 Å². The van der Waals surface area contributed by atoms with Crippen molar-refractivity contribution in [2.75, 3.05) is 6.61 Å². The van der Waals surface area contributed by atoms with Crippen LogP contribution in [0.4, 0.5) is 0 Å². The smallest absolute Gasteiger partial charge is 0.127 e. The van der Waals surface area contributed by atoms with E-state index in [1.165, 1.54) is 83.5 Å². The van der Waals surface area contributed by atoms with E-state index in [4.69, 9.17) is 4.74 Å². The Balaban J connectivity index is 1.66. The highest BCUT2D eigenvalue weighted by Crippen LogP contribution is 2.45. The number of aliphatic hydroxyl groups excluding tert-OH is 1. The highest BCUT2D eigenvalue weighted by atomic mass is 16.5. The van der Waals surface area contributed by atoms with Gasteiger partial charge in [0, 0.05) is 11.1 Å². The second kappa shape index (κ2) is 16.5. The zero-order valence-electron chi connectivity index (χ0n) is 23.2. The number of unbranched alkanes of at least 4 members (excludes halogenated alkanes) is 13. The van der Waals surface area contributed by atoms with Gasteiger partial charge in [-0.3, -0.25) is 0 Å². The van der Waals surface area contributed by atoms with E-state index in [0.29, 0.717) is 28.9 Å². The molecule has 0 aliphatic carbocycles. The Morgan fingerprint density at radius 3 is 1.58 bits per heavy atom. The van der Waals surface area contributed by atoms with E-state index < -0.39 is 6.10 Å². The molecule has 0 aromatic heterocycles. The molecule has 2 aromatic carbocycles. The summed E-state index contributed by atoms with van der Waals surface area (Å²) in [7, 11) is 0. The molecule has 0 aliphatic rings. The van der Waals surface area contributed by atoms with Crippen molar-refractivity contribution >= 4 is 0 Å². The molecule has 4 heteroatoms. The summed E-state index contributed by atoms with van der Waals surface area (Å²) >= 11 is 0. The van der Waals surface area contributed by atoms with Gasteiger partial charge in [0.25, 0.3) is 0 Å². The van der Waals surface area contributed by atoms with Gasteiger partial charge in [0.1, 0.15) is 17.2 Å². The van der Waals surface area contributed by atoms with Crippen molar-refractivity contribution in [1.82, 2.24) is 0 Å². The van der Waals surface area contributed by atoms with Crippen LogP contribution in [0.3, 0.4) is 0 Å². The van der Waals surface area contributed by atoms with Gasteiger partial charge in [-0.15, -0.1) is 0 Å². The van der Waals surface area contributed by atoms with Crippen LogP contribution in [-0.4, -0.2) is 21.9 Å². The van der Waals surface area contributed by atoms with E-state index in [1.807, 2.05) is 24.3 Å². The first-order valence-electron chi connectivity index (χ1n) is 14.3. The van der Waals surface area contributed by atoms with E-state index in [9.17, 15) is 15.3 Å². The maximum Gasteiger partial charge on any atom is 0.127 e. The molecule has 4 nitrogen and oxygen atoms in total. The zero-order valence-corrected chi connectivity index (χ0v) is 23.2. The van der Waals surface area contributed by atoms with Gasteiger partial charge in [0.15, 0.2) is 0 Å². The Labute approximate surface area is 219 Å². The van der Waals surface area contributed by atoms with Crippen LogP contribution in [0, 0.1) is 13.8 Å². The molecule has 2 aromatic rings. The molecule has 0 heterocycles. The molecule has 36 heavy (non-hydrogen) atoms. The minimum absolute atomic E-state index is 0.0356. The van der Waals surface area contributed by atoms with E-state index in [2.05, 4.69) is 6.92 Å². The van der Waals surface area contributed by atoms with Gasteiger partial charge in [-0.2, -0.15) is 0 Å². The Hall–Kier alpha value is -2.20. The monoisotopic (exact) mass is 498 g/mol. The maximum atomic E-state index is 10.8. The first kappa shape index (κ1) is 30.0. The van der Waals surface area contributed by atoms with Crippen LogP contribution in [-0.2, 0) is 0 Å². The number of phenols is 2. The summed E-state index contributed by atoms with van der Waals surface area (Å²) in [6, 6.07) is 7.51. The summed E-state index contributed by atoms with van der Waals surface area (Å²) in [5.41, 5.74) is 2.77. The predicted octanol–water partition coefficient (Wildman–Crippen LogP) is 9.30. The molecule has 0 fully saturated rings. The quantitative estimate of drug-likeness (QED) is 0.141. The minimum atomic E-state index is -0.901. The molecule has 0 saturated heterocycles. The summed E-state index contributed by atoms with van der Waals surface area (Å²) in [6.45, 7) is 8.09. The van der Waals surface area contributed by atoms with E-state index >= 15 is 0 Å². The number of hydrogen-bond donors (Lipinski definition) is 3. The Morgan fingerprint density at radius 1 is 0.667 bits per heavy atom. The highest BCUT2D eigenvalue weighted by molar-refractivity contribution is 5.80. The molecule has 1 unspecified atom stereocenters. The third-order valence-electron chi connectivity index (χ3n) is 7.36. The standard InChI is InChI=1S/C32H50O4/c1-5-6-7-8-9-10-11-12-13-14-15-16-17-18-23-36-28-21-19-27(20-22-28)30-29(26(4)33)31(34)24(2)25(3)32(30)35/h19-22,26,33-35H,5-18,23H2,1-4H3. The SMILES string of the molecule is CCCCCCCCCCCCCCCCOc1ccc(-c2c(O)c(C)c(C)c(O)c2C(C)O)cc1. The largest absolute Gasteiger partial charge is 0.507 e. The third-order valence-corrected chi connectivity index (χ3v) is 7.36. The van der Waals surface area contributed by atoms with Crippen molar-refractivity contribution in [2.24, 2.45) is 0 Å². The Bertz CT molecular complexity index is 886. The molecular weight excluding hydrogens is 448 g/mol. The van der Waals surface area contributed by atoms with E-state index in [0.717, 1.165) is 17.7 Å². The molecule has 0 saturated carbocycles. The van der Waals surface area contributed by atoms with Crippen molar-refractivity contribution in [3.8, 4) is 28.4 Å². The predicted molar refractivity (Wildman–Crippen MR) is 151 cm³/mol. The first-order valence-corrected chi connectivity index (χ1v) is 14.3. The maximum absolute atomic E-state index is 10.8. The van der Waals surface area contributed by atoms with Gasteiger partial charge in [-0.25, -0.2) is 0 Å². The summed E-state index contributed by atoms with van der Waals surface area (Å²) in [4.78, 5) is 0. The third kappa shape index (κ3) is 9.35. The molecule has 2 rings (SSSR count). The Kier molecular flexibility index (Phi) is 13.8. The number of aliphatic hydroxyl groups is 1. The average molecular weight is 499 g/mol. The van der Waals surface area contributed by atoms with Crippen molar-refractivity contribution in [1.29, 1.82) is 0 Å². The van der Waals surface area contributed by atoms with Crippen molar-refractivity contribution in [3.63, 3.8) is 0 Å². The van der Waals surface area contributed by atoms with Crippen LogP contribution in [0.15, 0.2) is 24.3 Å². The molecule has 0 spiro atoms. The minimum Gasteiger partial charge on any atom is -0.507 e. The van der Waals surface area contributed by atoms with Crippen LogP contribution >= 0.6 is 0 Å². The van der Waals surface area contributed by atoms with Gasteiger partial charge >= 0.3 is 0 Å². The second-order valence-electron chi connectivity index (χ2n) is 10.4. The molecule has 3 N–H and O–H groups in total. The first-order chi connectivity index (χ1) is 17.4. The molecule has 0 amide bonds. The van der Waals surface area contributed by atoms with Crippen LogP contribution in [0.25, 0.3) is 11.1 Å². The normalized spacial score (nSPS) is 12.1. The lowest BCUT2D eigenvalue weighted by Crippen LogP contribution is -2.01. The molecule has 0 bridgehead atoms. The number of benzene rings is 2. The van der Waals surface area contributed by atoms with Crippen molar-refractivity contribution < 1.29 is 20.1 Å². The second-order valence-corrected chi connectivity index (χ2v) is 10.4. The molecule has 0 radical (unpaired) electrons. The van der Waals surface area contributed by atoms with E-state index in [-0.39, 0.29) is 11.5 Å². The lowest BCUT2D eigenvalue weighted by Gasteiger charge is -2.20. The fourth-order valence-corrected chi connectivity index (χ4v) is 4.89. The van der Waals surface area contributed by atoms with Crippen LogP contribution < -0.4 is 4.74 Å². The lowest BCUT2D eigenvalue weighted by molar-refractivity contribution is 0.195. The van der Waals surface area contributed by atoms with Crippen LogP contribution in [0.5, 0.6) is 17.2 Å². The number of aromatic hydroxyl groups is 2. The lowest BCUT2D eigenvalue weighted by atomic mass is 9.90. The molecule has 1 atom stereocenters. The fraction of sp³-hybridized carbons (Fsp3) is 0.625. The van der Waals surface area contributed by atoms with E-state index in [1.54, 1.807) is 20.8 Å². The summed E-state index contributed by atoms with van der Waals surface area (Å²) in [5.74, 6) is 0.922. The number of ether oxygens (including phenoxy) is 1. The van der Waals surface area contributed by atoms with Crippen molar-refractivity contribution in [2.45, 2.75) is 124 Å². The van der Waals surface area contributed by atoms with Crippen LogP contribution in [0.1, 0.15) is 127 Å². The summed E-state index contributed by atoms with van der Waals surface area (Å²) in [6.07, 6.45) is 17.9. The summed E-state index contributed by atoms with van der Waals surface area (Å²) in [5, 5.41) is 31.6. The average Bonchev–Trinajstić information content (AvgIpc) is 2.87. The topological polar surface area (TPSA) is 69.9 Å². The fourth-order valence-electron chi connectivity index (χ4n) is 4.89. The van der Waals surface area contributed by atoms with Gasteiger partial charge in [-0.05, 0) is 56.0 Å². The van der Waals surface area contributed by atoms with Gasteiger partial charge in [0.05, 0.1) is 12.7 Å². The molecule has 0 aliphatic heterocycles. The van der Waals surface area contributed by atoms with Gasteiger partial charge in [-0.1, -0.05) is 103 Å². The van der Waals surface area contributed by atoms with Gasteiger partial charge < -0.3 is 20.1 Å². The highest BCUT2D eigenvalue weighted by Gasteiger charge is 2.23. The number of phenolic OH excluding ortho intramolecular Hbond substituents is 2.